The zero-order chi connectivity index (χ0) is 51.5. The zero-order valence-corrected chi connectivity index (χ0v) is 40.7. The number of cyclic esters (lactones) is 1. The molecule has 13 N–H and O–H groups in total. The second-order valence-electron chi connectivity index (χ2n) is 19.3. The van der Waals surface area contributed by atoms with Gasteiger partial charge in [-0.2, -0.15) is 0 Å². The monoisotopic (exact) mass is 993 g/mol. The molecule has 19 nitrogen and oxygen atoms in total. The predicted octanol–water partition coefficient (Wildman–Crippen LogP) is 0.532. The predicted molar refractivity (Wildman–Crippen MR) is 257 cm³/mol. The Balaban J connectivity index is 1.59. The summed E-state index contributed by atoms with van der Waals surface area (Å²) < 4.78 is 29.2. The molecule has 70 heavy (non-hydrogen) atoms. The average molecular weight is 993 g/mol. The summed E-state index contributed by atoms with van der Waals surface area (Å²) in [4.78, 5) is 26.6. The van der Waals surface area contributed by atoms with Gasteiger partial charge in [0.25, 0.3) is 0 Å². The number of aliphatic hydroxyl groups excluding tert-OH is 9. The molecule has 4 heterocycles. The highest BCUT2D eigenvalue weighted by Crippen LogP contribution is 2.38. The molecule has 3 saturated heterocycles. The van der Waals surface area contributed by atoms with E-state index >= 15 is 0 Å². The van der Waals surface area contributed by atoms with Crippen LogP contribution in [0.15, 0.2) is 85.1 Å². The van der Waals surface area contributed by atoms with Crippen molar-refractivity contribution >= 4 is 11.9 Å². The number of hydrogen-bond acceptors (Lipinski definition) is 18. The van der Waals surface area contributed by atoms with E-state index in [0.717, 1.165) is 0 Å². The number of nitrogens with two attached hydrogens (primary N) is 1. The number of hydrogen-bond donors (Lipinski definition) is 12. The van der Waals surface area contributed by atoms with E-state index in [1.165, 1.54) is 0 Å². The lowest BCUT2D eigenvalue weighted by Gasteiger charge is -2.46. The number of aliphatic hydroxyl groups is 10. The van der Waals surface area contributed by atoms with Crippen LogP contribution in [0.3, 0.4) is 0 Å². The number of fused-ring (bicyclic) bond motifs is 2. The molecule has 0 radical (unpaired) electrons. The van der Waals surface area contributed by atoms with E-state index in [2.05, 4.69) is 5.32 Å². The fourth-order valence-corrected chi connectivity index (χ4v) is 8.94. The highest BCUT2D eigenvalue weighted by Gasteiger charge is 2.51. The number of rotatable bonds is 4. The molecule has 1 amide bonds. The molecule has 0 aromatic heterocycles. The minimum absolute atomic E-state index is 0.0934. The van der Waals surface area contributed by atoms with Gasteiger partial charge >= 0.3 is 5.97 Å². The van der Waals surface area contributed by atoms with Gasteiger partial charge in [-0.15, -0.1) is 0 Å². The fraction of sp³-hybridized carbons (Fsp3) is 0.686. The number of amides is 1. The lowest BCUT2D eigenvalue weighted by Crippen LogP contribution is -2.62. The van der Waals surface area contributed by atoms with Crippen molar-refractivity contribution in [2.75, 3.05) is 13.2 Å². The van der Waals surface area contributed by atoms with Crippen LogP contribution in [0.4, 0.5) is 0 Å². The Morgan fingerprint density at radius 2 is 1.30 bits per heavy atom. The van der Waals surface area contributed by atoms with Crippen molar-refractivity contribution in [2.45, 2.75) is 189 Å². The van der Waals surface area contributed by atoms with Gasteiger partial charge < -0.3 is 85.8 Å². The van der Waals surface area contributed by atoms with E-state index in [1.807, 2.05) is 49.5 Å². The SMILES string of the molecule is C[C@@H]1[C@H](O)[C@@H](C)/C=C/C=C/C=C/C=C/C=C/C=C/C=C/[C@H](O[C@@H]2O[C@H](C)[C@@H](O)[C@H](N)[C@@H]2O)C[C@@H]2O[C@](O)(C[C@@H](O)C[C@@H](O)[C@H](O)CC[C@@H](O)C[C@@H](O)CC(=O)O[C@H]1C)C[C@H](O)[C@H]2C(=O)NC1CCOC1. The van der Waals surface area contributed by atoms with Crippen LogP contribution in [0.2, 0.25) is 0 Å². The first-order valence-electron chi connectivity index (χ1n) is 24.5. The van der Waals surface area contributed by atoms with Gasteiger partial charge in [0.15, 0.2) is 12.1 Å². The Morgan fingerprint density at radius 3 is 1.91 bits per heavy atom. The molecule has 0 aromatic carbocycles. The molecule has 19 heteroatoms. The molecule has 20 atom stereocenters. The number of nitrogens with one attached hydrogen (secondary N) is 1. The molecule has 0 aromatic rings. The largest absolute Gasteiger partial charge is 0.462 e. The third kappa shape index (κ3) is 19.2. The Kier molecular flexibility index (Phi) is 24.7. The van der Waals surface area contributed by atoms with E-state index in [4.69, 9.17) is 29.4 Å². The molecular weight excluding hydrogens is 913 g/mol. The van der Waals surface area contributed by atoms with Crippen molar-refractivity contribution in [3.63, 3.8) is 0 Å². The molecule has 3 fully saturated rings. The summed E-state index contributed by atoms with van der Waals surface area (Å²) in [5, 5.41) is 113. The maximum atomic E-state index is 13.9. The molecule has 1 unspecified atom stereocenters. The topological polar surface area (TPSA) is 321 Å². The summed E-state index contributed by atoms with van der Waals surface area (Å²) in [5.74, 6) is -5.58. The second kappa shape index (κ2) is 29.3. The van der Waals surface area contributed by atoms with E-state index < -0.39 is 147 Å². The van der Waals surface area contributed by atoms with Gasteiger partial charge in [-0.1, -0.05) is 98.9 Å². The van der Waals surface area contributed by atoms with Crippen LogP contribution in [-0.4, -0.2) is 180 Å². The Labute approximate surface area is 411 Å². The van der Waals surface area contributed by atoms with Gasteiger partial charge in [-0.3, -0.25) is 9.59 Å². The second-order valence-corrected chi connectivity index (χ2v) is 19.3. The van der Waals surface area contributed by atoms with Crippen LogP contribution in [-0.2, 0) is 33.3 Å². The standard InChI is InChI=1S/C51H80N2O17/c1-30-17-15-13-11-9-7-5-6-8-10-12-14-16-18-38(69-50-48(63)45(52)47(62)33(4)68-50)26-42-44(49(64)53-34-21-22-66-29-34)41(59)28-51(65,70-42)27-37(56)24-40(58)39(57)20-19-35(54)23-36(55)25-43(60)67-32(3)31(2)46(30)61/h5-18,30-42,44-48,50,54-59,61-63,65H,19-29,52H2,1-4H3,(H,53,64)/b6-5+,9-7+,10-8+,13-11+,14-12+,17-15+,18-16+/t30-,31-,32-,33+,34?,35+,36+,37-,38-,39+,40+,41-,42-,44+,45-,46+,47+,48-,50-,51+/m0/s1. The number of carbonyl (C=O) groups excluding carboxylic acids is 2. The molecule has 396 valence electrons. The van der Waals surface area contributed by atoms with Crippen LogP contribution < -0.4 is 11.1 Å². The summed E-state index contributed by atoms with van der Waals surface area (Å²) in [6.07, 6.45) is 5.35. The Hall–Kier alpha value is -3.48. The summed E-state index contributed by atoms with van der Waals surface area (Å²) in [5.41, 5.74) is 6.11. The number of ether oxygens (including phenoxy) is 5. The minimum atomic E-state index is -2.27. The highest BCUT2D eigenvalue weighted by atomic mass is 16.7. The van der Waals surface area contributed by atoms with Gasteiger partial charge in [0.2, 0.25) is 5.91 Å². The van der Waals surface area contributed by atoms with Crippen LogP contribution in [0.5, 0.6) is 0 Å². The maximum Gasteiger partial charge on any atom is 0.308 e. The molecule has 4 aliphatic rings. The molecule has 0 aliphatic carbocycles. The van der Waals surface area contributed by atoms with E-state index in [0.29, 0.717) is 13.0 Å². The number of carbonyl (C=O) groups is 2. The van der Waals surface area contributed by atoms with Gasteiger partial charge in [0, 0.05) is 44.1 Å². The maximum absolute atomic E-state index is 13.9. The molecular formula is C51H80N2O17. The van der Waals surface area contributed by atoms with Gasteiger partial charge in [-0.25, -0.2) is 0 Å². The number of allylic oxidation sites excluding steroid dienone is 12. The third-order valence-corrected chi connectivity index (χ3v) is 13.3. The van der Waals surface area contributed by atoms with Crippen LogP contribution in [0, 0.1) is 17.8 Å². The Bertz CT molecular complexity index is 1800. The van der Waals surface area contributed by atoms with Gasteiger partial charge in [0.05, 0.1) is 98.2 Å². The lowest BCUT2D eigenvalue weighted by molar-refractivity contribution is -0.307. The van der Waals surface area contributed by atoms with E-state index in [-0.39, 0.29) is 44.2 Å². The summed E-state index contributed by atoms with van der Waals surface area (Å²) in [7, 11) is 0. The first-order chi connectivity index (χ1) is 33.2. The average Bonchev–Trinajstić information content (AvgIpc) is 3.80. The molecule has 0 spiro atoms. The van der Waals surface area contributed by atoms with Crippen molar-refractivity contribution in [1.82, 2.24) is 5.32 Å². The first kappa shape index (κ1) is 59.1. The van der Waals surface area contributed by atoms with Crippen LogP contribution in [0.25, 0.3) is 0 Å². The van der Waals surface area contributed by atoms with Crippen molar-refractivity contribution in [3.05, 3.63) is 85.1 Å². The van der Waals surface area contributed by atoms with Crippen molar-refractivity contribution in [1.29, 1.82) is 0 Å². The first-order valence-corrected chi connectivity index (χ1v) is 24.5. The smallest absolute Gasteiger partial charge is 0.308 e. The Morgan fingerprint density at radius 1 is 0.686 bits per heavy atom. The number of esters is 1. The fourth-order valence-electron chi connectivity index (χ4n) is 8.94. The van der Waals surface area contributed by atoms with Gasteiger partial charge in [-0.05, 0) is 39.5 Å². The van der Waals surface area contributed by atoms with Crippen LogP contribution in [0.1, 0.15) is 85.5 Å². The summed E-state index contributed by atoms with van der Waals surface area (Å²) in [6, 6.07) is -1.47. The van der Waals surface area contributed by atoms with Gasteiger partial charge in [0.1, 0.15) is 12.2 Å². The lowest BCUT2D eigenvalue weighted by atomic mass is 9.82. The third-order valence-electron chi connectivity index (χ3n) is 13.3. The molecule has 0 saturated carbocycles. The highest BCUT2D eigenvalue weighted by molar-refractivity contribution is 5.80. The van der Waals surface area contributed by atoms with Crippen molar-refractivity contribution in [2.24, 2.45) is 23.5 Å². The van der Waals surface area contributed by atoms with Crippen molar-refractivity contribution in [3.8, 4) is 0 Å². The normalized spacial score (nSPS) is 45.2. The van der Waals surface area contributed by atoms with Crippen LogP contribution >= 0.6 is 0 Å². The summed E-state index contributed by atoms with van der Waals surface area (Å²) >= 11 is 0. The van der Waals surface area contributed by atoms with E-state index in [1.54, 1.807) is 63.3 Å². The van der Waals surface area contributed by atoms with Crippen molar-refractivity contribution < 1.29 is 84.3 Å². The summed E-state index contributed by atoms with van der Waals surface area (Å²) in [6.45, 7) is 7.48. The molecule has 2 bridgehead atoms. The zero-order valence-electron chi connectivity index (χ0n) is 40.7. The molecule has 4 aliphatic heterocycles. The quantitative estimate of drug-likeness (QED) is 0.171. The minimum Gasteiger partial charge on any atom is -0.462 e. The molecule has 4 rings (SSSR count). The van der Waals surface area contributed by atoms with E-state index in [9.17, 15) is 60.7 Å².